The molecule has 0 saturated carbocycles. The van der Waals surface area contributed by atoms with Crippen LogP contribution in [0.1, 0.15) is 22.8 Å². The van der Waals surface area contributed by atoms with Gasteiger partial charge < -0.3 is 9.80 Å². The van der Waals surface area contributed by atoms with Gasteiger partial charge in [-0.1, -0.05) is 6.92 Å². The Morgan fingerprint density at radius 3 is 2.42 bits per heavy atom. The highest BCUT2D eigenvalue weighted by Crippen LogP contribution is 2.33. The molecule has 124 valence electrons. The molecule has 2 aliphatic heterocycles. The molecule has 0 N–H and O–H groups in total. The first-order valence-corrected chi connectivity index (χ1v) is 8.49. The molecule has 2 aliphatic rings. The quantitative estimate of drug-likeness (QED) is 0.859. The Morgan fingerprint density at radius 1 is 1.12 bits per heavy atom. The van der Waals surface area contributed by atoms with Gasteiger partial charge in [0.05, 0.1) is 5.56 Å². The van der Waals surface area contributed by atoms with Crippen LogP contribution in [0.15, 0.2) is 36.9 Å². The fourth-order valence-corrected chi connectivity index (χ4v) is 3.69. The first-order valence-electron chi connectivity index (χ1n) is 8.49. The van der Waals surface area contributed by atoms with Gasteiger partial charge in [0.25, 0.3) is 5.91 Å². The number of amides is 1. The Hall–Kier alpha value is -2.50. The van der Waals surface area contributed by atoms with Crippen LogP contribution in [0.5, 0.6) is 0 Å². The van der Waals surface area contributed by atoms with Gasteiger partial charge in [0.1, 0.15) is 0 Å². The molecule has 2 aromatic rings. The number of anilines is 1. The summed E-state index contributed by atoms with van der Waals surface area (Å²) in [6.45, 7) is 5.57. The molecule has 2 fully saturated rings. The average Bonchev–Trinajstić information content (AvgIpc) is 3.21. The highest BCUT2D eigenvalue weighted by molar-refractivity contribution is 5.94. The Bertz CT molecular complexity index is 704. The first kappa shape index (κ1) is 15.1. The van der Waals surface area contributed by atoms with E-state index in [1.165, 1.54) is 0 Å². The number of pyridine rings is 1. The molecule has 2 aromatic heterocycles. The molecule has 0 spiro atoms. The van der Waals surface area contributed by atoms with Gasteiger partial charge in [-0.25, -0.2) is 9.97 Å². The first-order chi connectivity index (χ1) is 11.7. The molecule has 2 saturated heterocycles. The van der Waals surface area contributed by atoms with Crippen LogP contribution < -0.4 is 4.90 Å². The summed E-state index contributed by atoms with van der Waals surface area (Å²) >= 11 is 0. The molecule has 0 radical (unpaired) electrons. The summed E-state index contributed by atoms with van der Waals surface area (Å²) in [6.07, 6.45) is 8.11. The number of hydrogen-bond donors (Lipinski definition) is 0. The zero-order chi connectivity index (χ0) is 16.5. The lowest BCUT2D eigenvalue weighted by Gasteiger charge is -2.21. The third-order valence-electron chi connectivity index (χ3n) is 5.06. The number of aromatic nitrogens is 3. The van der Waals surface area contributed by atoms with Gasteiger partial charge in [-0.2, -0.15) is 0 Å². The minimum atomic E-state index is 0.0904. The van der Waals surface area contributed by atoms with Gasteiger partial charge in [0.2, 0.25) is 5.95 Å². The van der Waals surface area contributed by atoms with Crippen molar-refractivity contribution in [1.29, 1.82) is 0 Å². The molecule has 6 heteroatoms. The third kappa shape index (κ3) is 2.72. The number of hydrogen-bond acceptors (Lipinski definition) is 5. The smallest absolute Gasteiger partial charge is 0.255 e. The van der Waals surface area contributed by atoms with Gasteiger partial charge in [-0.3, -0.25) is 9.78 Å². The van der Waals surface area contributed by atoms with E-state index in [-0.39, 0.29) is 5.91 Å². The summed E-state index contributed by atoms with van der Waals surface area (Å²) in [4.78, 5) is 29.8. The Labute approximate surface area is 141 Å². The van der Waals surface area contributed by atoms with Crippen LogP contribution >= 0.6 is 0 Å². The number of likely N-dealkylation sites (tertiary alicyclic amines) is 1. The lowest BCUT2D eigenvalue weighted by Crippen LogP contribution is -2.33. The Kier molecular flexibility index (Phi) is 3.88. The molecule has 0 bridgehead atoms. The van der Waals surface area contributed by atoms with E-state index in [1.54, 1.807) is 12.4 Å². The van der Waals surface area contributed by atoms with Crippen LogP contribution in [-0.2, 0) is 6.42 Å². The number of rotatable bonds is 3. The van der Waals surface area contributed by atoms with E-state index in [1.807, 2.05) is 29.4 Å². The van der Waals surface area contributed by atoms with E-state index in [4.69, 9.17) is 0 Å². The topological polar surface area (TPSA) is 62.2 Å². The van der Waals surface area contributed by atoms with E-state index < -0.39 is 0 Å². The van der Waals surface area contributed by atoms with E-state index in [9.17, 15) is 4.79 Å². The molecule has 6 nitrogen and oxygen atoms in total. The van der Waals surface area contributed by atoms with E-state index in [0.29, 0.717) is 17.4 Å². The minimum Gasteiger partial charge on any atom is -0.340 e. The second-order valence-corrected chi connectivity index (χ2v) is 6.62. The number of aryl methyl sites for hydroxylation is 1. The van der Waals surface area contributed by atoms with Crippen molar-refractivity contribution in [2.45, 2.75) is 13.3 Å². The number of fused-ring (bicyclic) bond motifs is 1. The van der Waals surface area contributed by atoms with Crippen molar-refractivity contribution in [3.8, 4) is 0 Å². The van der Waals surface area contributed by atoms with Crippen LogP contribution in [-0.4, -0.2) is 51.9 Å². The SMILES string of the molecule is CCc1cnc(N2C[C@H]3CN(C(=O)c4cccnc4)C[C@H]3C2)nc1. The Morgan fingerprint density at radius 2 is 1.83 bits per heavy atom. The predicted molar refractivity (Wildman–Crippen MR) is 90.7 cm³/mol. The van der Waals surface area contributed by atoms with Crippen molar-refractivity contribution >= 4 is 11.9 Å². The zero-order valence-corrected chi connectivity index (χ0v) is 13.8. The van der Waals surface area contributed by atoms with Gasteiger partial charge in [-0.15, -0.1) is 0 Å². The molecular weight excluding hydrogens is 302 g/mol. The van der Waals surface area contributed by atoms with Crippen molar-refractivity contribution in [2.75, 3.05) is 31.1 Å². The maximum Gasteiger partial charge on any atom is 0.255 e. The third-order valence-corrected chi connectivity index (χ3v) is 5.06. The summed E-state index contributed by atoms with van der Waals surface area (Å²) in [5.74, 6) is 1.90. The molecule has 4 rings (SSSR count). The van der Waals surface area contributed by atoms with Gasteiger partial charge >= 0.3 is 0 Å². The predicted octanol–water partition coefficient (Wildman–Crippen LogP) is 1.64. The molecule has 0 unspecified atom stereocenters. The lowest BCUT2D eigenvalue weighted by atomic mass is 10.0. The fraction of sp³-hybridized carbons (Fsp3) is 0.444. The van der Waals surface area contributed by atoms with Gasteiger partial charge in [0, 0.05) is 62.8 Å². The Balaban J connectivity index is 1.40. The molecule has 4 heterocycles. The molecule has 1 amide bonds. The van der Waals surface area contributed by atoms with Crippen molar-refractivity contribution < 1.29 is 4.79 Å². The van der Waals surface area contributed by atoms with Crippen molar-refractivity contribution in [2.24, 2.45) is 11.8 Å². The minimum absolute atomic E-state index is 0.0904. The largest absolute Gasteiger partial charge is 0.340 e. The standard InChI is InChI=1S/C18H21N5O/c1-2-13-6-20-18(21-7-13)23-11-15-9-22(10-16(15)12-23)17(24)14-4-3-5-19-8-14/h3-8,15-16H,2,9-12H2,1H3/t15-,16+. The highest BCUT2D eigenvalue weighted by atomic mass is 16.2. The monoisotopic (exact) mass is 323 g/mol. The number of carbonyl (C=O) groups excluding carboxylic acids is 1. The second-order valence-electron chi connectivity index (χ2n) is 6.62. The maximum atomic E-state index is 12.5. The summed E-state index contributed by atoms with van der Waals surface area (Å²) in [5.41, 5.74) is 1.83. The van der Waals surface area contributed by atoms with Crippen LogP contribution in [0.3, 0.4) is 0 Å². The normalized spacial score (nSPS) is 22.7. The van der Waals surface area contributed by atoms with Crippen molar-refractivity contribution in [1.82, 2.24) is 19.9 Å². The maximum absolute atomic E-state index is 12.5. The molecule has 0 aromatic carbocycles. The zero-order valence-electron chi connectivity index (χ0n) is 13.8. The molecule has 24 heavy (non-hydrogen) atoms. The van der Waals surface area contributed by atoms with Crippen LogP contribution in [0, 0.1) is 11.8 Å². The van der Waals surface area contributed by atoms with Crippen LogP contribution in [0.25, 0.3) is 0 Å². The van der Waals surface area contributed by atoms with E-state index >= 15 is 0 Å². The lowest BCUT2D eigenvalue weighted by molar-refractivity contribution is 0.0782. The average molecular weight is 323 g/mol. The fourth-order valence-electron chi connectivity index (χ4n) is 3.69. The highest BCUT2D eigenvalue weighted by Gasteiger charge is 2.42. The molecule has 2 atom stereocenters. The van der Waals surface area contributed by atoms with E-state index in [0.717, 1.165) is 44.1 Å². The molecular formula is C18H21N5O. The van der Waals surface area contributed by atoms with Crippen molar-refractivity contribution in [3.63, 3.8) is 0 Å². The summed E-state index contributed by atoms with van der Waals surface area (Å²) in [6, 6.07) is 3.64. The second kappa shape index (κ2) is 6.19. The number of carbonyl (C=O) groups is 1. The van der Waals surface area contributed by atoms with Gasteiger partial charge in [0.15, 0.2) is 0 Å². The van der Waals surface area contributed by atoms with Crippen LogP contribution in [0.4, 0.5) is 5.95 Å². The van der Waals surface area contributed by atoms with Crippen LogP contribution in [0.2, 0.25) is 0 Å². The molecule has 0 aliphatic carbocycles. The summed E-state index contributed by atoms with van der Waals surface area (Å²) in [7, 11) is 0. The summed E-state index contributed by atoms with van der Waals surface area (Å²) < 4.78 is 0. The van der Waals surface area contributed by atoms with Gasteiger partial charge in [-0.05, 0) is 24.1 Å². The van der Waals surface area contributed by atoms with E-state index in [2.05, 4.69) is 26.8 Å². The summed E-state index contributed by atoms with van der Waals surface area (Å²) in [5, 5.41) is 0. The number of nitrogens with zero attached hydrogens (tertiary/aromatic N) is 5. The van der Waals surface area contributed by atoms with Crippen molar-refractivity contribution in [3.05, 3.63) is 48.0 Å².